The van der Waals surface area contributed by atoms with Crippen molar-refractivity contribution in [1.82, 2.24) is 4.90 Å². The summed E-state index contributed by atoms with van der Waals surface area (Å²) in [7, 11) is 1.87. The van der Waals surface area contributed by atoms with Gasteiger partial charge < -0.3 is 5.11 Å². The lowest BCUT2D eigenvalue weighted by Gasteiger charge is -2.31. The highest BCUT2D eigenvalue weighted by atomic mass is 16.4. The summed E-state index contributed by atoms with van der Waals surface area (Å²) in [5, 5.41) is 9.05. The average molecular weight is 187 g/mol. The van der Waals surface area contributed by atoms with Gasteiger partial charge in [0, 0.05) is 6.04 Å². The van der Waals surface area contributed by atoms with Crippen molar-refractivity contribution < 1.29 is 9.90 Å². The second kappa shape index (κ2) is 5.22. The van der Waals surface area contributed by atoms with Crippen molar-refractivity contribution in [1.29, 1.82) is 0 Å². The van der Waals surface area contributed by atoms with Gasteiger partial charge in [0.2, 0.25) is 0 Å². The van der Waals surface area contributed by atoms with Crippen molar-refractivity contribution in [3.8, 4) is 0 Å². The molecule has 0 rings (SSSR count). The normalized spacial score (nSPS) is 16.2. The summed E-state index contributed by atoms with van der Waals surface area (Å²) in [6.45, 7) is 8.03. The summed E-state index contributed by atoms with van der Waals surface area (Å²) >= 11 is 0. The van der Waals surface area contributed by atoms with Crippen molar-refractivity contribution in [2.45, 2.75) is 46.2 Å². The Balaban J connectivity index is 4.50. The largest absolute Gasteiger partial charge is 0.480 e. The molecule has 1 N–H and O–H groups in total. The number of hydrogen-bond acceptors (Lipinski definition) is 2. The third kappa shape index (κ3) is 3.35. The minimum Gasteiger partial charge on any atom is -0.480 e. The monoisotopic (exact) mass is 187 g/mol. The van der Waals surface area contributed by atoms with Crippen LogP contribution >= 0.6 is 0 Å². The number of carbonyl (C=O) groups is 1. The first-order chi connectivity index (χ1) is 5.91. The van der Waals surface area contributed by atoms with E-state index in [1.54, 1.807) is 0 Å². The third-order valence-electron chi connectivity index (χ3n) is 2.69. The summed E-state index contributed by atoms with van der Waals surface area (Å²) in [5.74, 6) is -0.518. The molecule has 0 saturated heterocycles. The summed E-state index contributed by atoms with van der Waals surface area (Å²) in [6, 6.07) is -0.0832. The lowest BCUT2D eigenvalue weighted by Crippen LogP contribution is -2.46. The first-order valence-corrected chi connectivity index (χ1v) is 4.86. The van der Waals surface area contributed by atoms with Gasteiger partial charge in [0.05, 0.1) is 0 Å². The number of aliphatic carboxylic acids is 1. The Morgan fingerprint density at radius 2 is 1.85 bits per heavy atom. The van der Waals surface area contributed by atoms with Crippen LogP contribution in [0, 0.1) is 5.92 Å². The van der Waals surface area contributed by atoms with Gasteiger partial charge in [0.1, 0.15) is 6.04 Å². The molecule has 0 aromatic heterocycles. The Morgan fingerprint density at radius 3 is 2.08 bits per heavy atom. The Morgan fingerprint density at radius 1 is 1.38 bits per heavy atom. The molecule has 0 aromatic rings. The van der Waals surface area contributed by atoms with E-state index in [0.29, 0.717) is 0 Å². The van der Waals surface area contributed by atoms with Crippen molar-refractivity contribution in [2.24, 2.45) is 5.92 Å². The molecule has 2 unspecified atom stereocenters. The molecule has 3 nitrogen and oxygen atoms in total. The lowest BCUT2D eigenvalue weighted by molar-refractivity contribution is -0.145. The van der Waals surface area contributed by atoms with Gasteiger partial charge in [0.25, 0.3) is 0 Å². The van der Waals surface area contributed by atoms with Gasteiger partial charge in [-0.1, -0.05) is 20.3 Å². The fourth-order valence-electron chi connectivity index (χ4n) is 1.36. The maximum atomic E-state index is 11.0. The first kappa shape index (κ1) is 12.4. The van der Waals surface area contributed by atoms with Crippen LogP contribution in [0.2, 0.25) is 0 Å². The highest BCUT2D eigenvalue weighted by molar-refractivity contribution is 5.73. The number of carboxylic acid groups (broad SMARTS) is 1. The van der Waals surface area contributed by atoms with E-state index in [-0.39, 0.29) is 18.0 Å². The van der Waals surface area contributed by atoms with Gasteiger partial charge in [-0.05, 0) is 26.8 Å². The van der Waals surface area contributed by atoms with Crippen LogP contribution in [0.1, 0.15) is 34.1 Å². The molecule has 3 heteroatoms. The SMILES string of the molecule is CCC(C)C(C(=O)O)N(C)C(C)C. The van der Waals surface area contributed by atoms with Gasteiger partial charge in [-0.2, -0.15) is 0 Å². The molecule has 0 spiro atoms. The van der Waals surface area contributed by atoms with Crippen LogP contribution in [0.5, 0.6) is 0 Å². The van der Waals surface area contributed by atoms with Crippen molar-refractivity contribution in [3.05, 3.63) is 0 Å². The number of nitrogens with zero attached hydrogens (tertiary/aromatic N) is 1. The predicted molar refractivity (Wildman–Crippen MR) is 53.8 cm³/mol. The van der Waals surface area contributed by atoms with E-state index in [4.69, 9.17) is 5.11 Å². The average Bonchev–Trinajstić information content (AvgIpc) is 2.03. The number of rotatable bonds is 5. The maximum Gasteiger partial charge on any atom is 0.321 e. The first-order valence-electron chi connectivity index (χ1n) is 4.86. The molecule has 0 aromatic carbocycles. The van der Waals surface area contributed by atoms with E-state index < -0.39 is 5.97 Å². The van der Waals surface area contributed by atoms with Crippen LogP contribution < -0.4 is 0 Å². The molecule has 0 radical (unpaired) electrons. The van der Waals surface area contributed by atoms with E-state index in [0.717, 1.165) is 6.42 Å². The molecular formula is C10H21NO2. The van der Waals surface area contributed by atoms with Gasteiger partial charge in [-0.3, -0.25) is 9.69 Å². The molecule has 0 amide bonds. The fourth-order valence-corrected chi connectivity index (χ4v) is 1.36. The molecule has 0 fully saturated rings. The van der Waals surface area contributed by atoms with E-state index in [9.17, 15) is 4.79 Å². The second-order valence-electron chi connectivity index (χ2n) is 3.93. The van der Waals surface area contributed by atoms with E-state index in [2.05, 4.69) is 0 Å². The quantitative estimate of drug-likeness (QED) is 0.713. The minimum absolute atomic E-state index is 0.199. The number of carboxylic acids is 1. The fraction of sp³-hybridized carbons (Fsp3) is 0.900. The molecule has 78 valence electrons. The van der Waals surface area contributed by atoms with Crippen molar-refractivity contribution in [2.75, 3.05) is 7.05 Å². The molecule has 0 aliphatic carbocycles. The summed E-state index contributed by atoms with van der Waals surface area (Å²) in [6.07, 6.45) is 0.897. The van der Waals surface area contributed by atoms with Gasteiger partial charge in [-0.15, -0.1) is 0 Å². The molecule has 0 aliphatic heterocycles. The van der Waals surface area contributed by atoms with Gasteiger partial charge in [-0.25, -0.2) is 0 Å². The zero-order chi connectivity index (χ0) is 10.6. The van der Waals surface area contributed by atoms with Crippen LogP contribution in [-0.2, 0) is 4.79 Å². The Bertz CT molecular complexity index is 168. The summed E-state index contributed by atoms with van der Waals surface area (Å²) in [4.78, 5) is 12.9. The zero-order valence-corrected chi connectivity index (χ0v) is 9.24. The van der Waals surface area contributed by atoms with Gasteiger partial charge in [0.15, 0.2) is 0 Å². The van der Waals surface area contributed by atoms with Crippen LogP contribution in [0.25, 0.3) is 0 Å². The molecule has 2 atom stereocenters. The Kier molecular flexibility index (Phi) is 4.99. The Labute approximate surface area is 80.7 Å². The highest BCUT2D eigenvalue weighted by Crippen LogP contribution is 2.15. The van der Waals surface area contributed by atoms with E-state index >= 15 is 0 Å². The standard InChI is InChI=1S/C10H21NO2/c1-6-8(4)9(10(12)13)11(5)7(2)3/h7-9H,6H2,1-5H3,(H,12,13). The van der Waals surface area contributed by atoms with Crippen molar-refractivity contribution >= 4 is 5.97 Å². The third-order valence-corrected chi connectivity index (χ3v) is 2.69. The lowest BCUT2D eigenvalue weighted by atomic mass is 9.97. The molecule has 0 heterocycles. The van der Waals surface area contributed by atoms with Crippen LogP contribution in [0.15, 0.2) is 0 Å². The molecular weight excluding hydrogens is 166 g/mol. The highest BCUT2D eigenvalue weighted by Gasteiger charge is 2.28. The van der Waals surface area contributed by atoms with Crippen LogP contribution in [-0.4, -0.2) is 35.1 Å². The topological polar surface area (TPSA) is 40.5 Å². The molecule has 0 aliphatic rings. The van der Waals surface area contributed by atoms with E-state index in [1.807, 2.05) is 39.6 Å². The summed E-state index contributed by atoms with van der Waals surface area (Å²) < 4.78 is 0. The summed E-state index contributed by atoms with van der Waals surface area (Å²) in [5.41, 5.74) is 0. The minimum atomic E-state index is -0.717. The van der Waals surface area contributed by atoms with Gasteiger partial charge >= 0.3 is 5.97 Å². The van der Waals surface area contributed by atoms with Crippen LogP contribution in [0.3, 0.4) is 0 Å². The Hall–Kier alpha value is -0.570. The smallest absolute Gasteiger partial charge is 0.321 e. The zero-order valence-electron chi connectivity index (χ0n) is 9.24. The molecule has 13 heavy (non-hydrogen) atoms. The van der Waals surface area contributed by atoms with E-state index in [1.165, 1.54) is 0 Å². The molecule has 0 bridgehead atoms. The van der Waals surface area contributed by atoms with Crippen molar-refractivity contribution in [3.63, 3.8) is 0 Å². The molecule has 0 saturated carbocycles. The number of hydrogen-bond donors (Lipinski definition) is 1. The van der Waals surface area contributed by atoms with Crippen LogP contribution in [0.4, 0.5) is 0 Å². The maximum absolute atomic E-state index is 11.0. The predicted octanol–water partition coefficient (Wildman–Crippen LogP) is 1.83. The number of likely N-dealkylation sites (N-methyl/N-ethyl adjacent to an activating group) is 1. The second-order valence-corrected chi connectivity index (χ2v) is 3.93.